The Labute approximate surface area is 73.5 Å². The molecule has 1 aliphatic heterocycles. The lowest BCUT2D eigenvalue weighted by Crippen LogP contribution is -2.28. The predicted molar refractivity (Wildman–Crippen MR) is 46.2 cm³/mol. The van der Waals surface area contributed by atoms with Crippen molar-refractivity contribution in [1.82, 2.24) is 5.32 Å². The van der Waals surface area contributed by atoms with Crippen molar-refractivity contribution < 1.29 is 4.74 Å². The molecule has 2 nitrogen and oxygen atoms in total. The molecule has 4 heteroatoms. The van der Waals surface area contributed by atoms with E-state index in [-0.39, 0.29) is 17.0 Å². The third-order valence-corrected chi connectivity index (χ3v) is 1.50. The lowest BCUT2D eigenvalue weighted by atomic mass is 10.5. The Morgan fingerprint density at radius 2 is 2.44 bits per heavy atom. The van der Waals surface area contributed by atoms with Crippen molar-refractivity contribution in [1.29, 1.82) is 0 Å². The molecule has 0 spiro atoms. The first kappa shape index (κ1) is 9.46. The van der Waals surface area contributed by atoms with E-state index in [1.54, 1.807) is 4.99 Å². The molecular weight excluding hydrogens is 250 g/mol. The molecule has 54 valence electrons. The van der Waals surface area contributed by atoms with Crippen LogP contribution in [0.2, 0.25) is 0 Å². The quantitative estimate of drug-likeness (QED) is 0.710. The Hall–Kier alpha value is 0.460. The summed E-state index contributed by atoms with van der Waals surface area (Å²) in [5.74, 6) is 0.983. The maximum atomic E-state index is 5.18. The van der Waals surface area contributed by atoms with Crippen LogP contribution in [0.3, 0.4) is 0 Å². The first-order valence-corrected chi connectivity index (χ1v) is 3.48. The highest BCUT2D eigenvalue weighted by molar-refractivity contribution is 9.11. The Balaban J connectivity index is 0.000000640. The van der Waals surface area contributed by atoms with Crippen LogP contribution in [0.15, 0.2) is 10.7 Å². The molecule has 0 amide bonds. The number of halogens is 2. The van der Waals surface area contributed by atoms with Gasteiger partial charge in [0.05, 0.1) is 6.54 Å². The van der Waals surface area contributed by atoms with Crippen LogP contribution in [0.4, 0.5) is 0 Å². The molecule has 9 heavy (non-hydrogen) atoms. The van der Waals surface area contributed by atoms with E-state index in [0.29, 0.717) is 0 Å². The lowest BCUT2D eigenvalue weighted by Gasteiger charge is -2.15. The number of hydrogen-bond donors (Lipinski definition) is 1. The number of nitrogens with one attached hydrogen (secondary N) is 1. The zero-order chi connectivity index (χ0) is 5.82. The van der Waals surface area contributed by atoms with Gasteiger partial charge in [0, 0.05) is 11.5 Å². The molecule has 1 heterocycles. The van der Waals surface area contributed by atoms with E-state index in [1.807, 2.05) is 0 Å². The molecule has 0 aromatic heterocycles. The standard InChI is InChI=1S/C5H8BrNO.BrH/c6-3-5-4-7-1-2-8-5;/h3,7H,1-2,4H2;1H/b5-3+;. The number of rotatable bonds is 0. The molecule has 1 N–H and O–H groups in total. The summed E-state index contributed by atoms with van der Waals surface area (Å²) in [7, 11) is 0. The largest absolute Gasteiger partial charge is 0.495 e. The van der Waals surface area contributed by atoms with Crippen molar-refractivity contribution in [3.05, 3.63) is 10.7 Å². The highest BCUT2D eigenvalue weighted by Gasteiger charge is 2.01. The van der Waals surface area contributed by atoms with Crippen molar-refractivity contribution in [2.24, 2.45) is 0 Å². The van der Waals surface area contributed by atoms with E-state index < -0.39 is 0 Å². The van der Waals surface area contributed by atoms with Crippen molar-refractivity contribution in [3.8, 4) is 0 Å². The van der Waals surface area contributed by atoms with Crippen LogP contribution < -0.4 is 5.32 Å². The van der Waals surface area contributed by atoms with Gasteiger partial charge in [0.1, 0.15) is 12.4 Å². The summed E-state index contributed by atoms with van der Waals surface area (Å²) >= 11 is 3.18. The summed E-state index contributed by atoms with van der Waals surface area (Å²) in [5, 5.41) is 3.16. The van der Waals surface area contributed by atoms with Crippen LogP contribution in [0.5, 0.6) is 0 Å². The van der Waals surface area contributed by atoms with Crippen molar-refractivity contribution >= 4 is 32.9 Å². The van der Waals surface area contributed by atoms with Gasteiger partial charge in [0.2, 0.25) is 0 Å². The molecule has 0 bridgehead atoms. The van der Waals surface area contributed by atoms with Gasteiger partial charge in [-0.05, 0) is 0 Å². The van der Waals surface area contributed by atoms with Crippen LogP contribution in [-0.2, 0) is 4.74 Å². The minimum atomic E-state index is 0. The number of ether oxygens (including phenoxy) is 1. The minimum Gasteiger partial charge on any atom is -0.495 e. The molecule has 0 aromatic carbocycles. The summed E-state index contributed by atoms with van der Waals surface area (Å²) < 4.78 is 5.18. The average molecular weight is 259 g/mol. The van der Waals surface area contributed by atoms with Gasteiger partial charge in [0.15, 0.2) is 0 Å². The van der Waals surface area contributed by atoms with Crippen LogP contribution in [-0.4, -0.2) is 19.7 Å². The fraction of sp³-hybridized carbons (Fsp3) is 0.600. The first-order valence-electron chi connectivity index (χ1n) is 2.56. The molecule has 0 unspecified atom stereocenters. The van der Waals surface area contributed by atoms with E-state index in [2.05, 4.69) is 21.2 Å². The number of morpholine rings is 1. The SMILES string of the molecule is Br.Br/C=C1\CNCCO1. The van der Waals surface area contributed by atoms with Gasteiger partial charge < -0.3 is 10.1 Å². The van der Waals surface area contributed by atoms with E-state index in [4.69, 9.17) is 4.74 Å². The highest BCUT2D eigenvalue weighted by atomic mass is 79.9. The van der Waals surface area contributed by atoms with Crippen LogP contribution in [0, 0.1) is 0 Å². The average Bonchev–Trinajstić information content (AvgIpc) is 1.90. The Bertz CT molecular complexity index is 97.1. The molecular formula is C5H9Br2NO. The van der Waals surface area contributed by atoms with Crippen LogP contribution in [0.25, 0.3) is 0 Å². The van der Waals surface area contributed by atoms with E-state index in [1.165, 1.54) is 0 Å². The van der Waals surface area contributed by atoms with Gasteiger partial charge in [-0.15, -0.1) is 17.0 Å². The molecule has 0 saturated carbocycles. The Kier molecular flexibility index (Phi) is 5.53. The summed E-state index contributed by atoms with van der Waals surface area (Å²) in [6.45, 7) is 2.60. The zero-order valence-electron chi connectivity index (χ0n) is 4.89. The smallest absolute Gasteiger partial charge is 0.117 e. The fourth-order valence-electron chi connectivity index (χ4n) is 0.587. The van der Waals surface area contributed by atoms with Crippen LogP contribution in [0.1, 0.15) is 0 Å². The van der Waals surface area contributed by atoms with Gasteiger partial charge >= 0.3 is 0 Å². The zero-order valence-corrected chi connectivity index (χ0v) is 8.19. The highest BCUT2D eigenvalue weighted by Crippen LogP contribution is 2.01. The van der Waals surface area contributed by atoms with Gasteiger partial charge in [-0.2, -0.15) is 0 Å². The van der Waals surface area contributed by atoms with Gasteiger partial charge in [0.25, 0.3) is 0 Å². The van der Waals surface area contributed by atoms with Crippen LogP contribution >= 0.6 is 32.9 Å². The minimum absolute atomic E-state index is 0. The van der Waals surface area contributed by atoms with E-state index in [0.717, 1.165) is 25.5 Å². The summed E-state index contributed by atoms with van der Waals surface area (Å²) in [5.41, 5.74) is 0. The number of hydrogen-bond acceptors (Lipinski definition) is 2. The molecule has 1 rings (SSSR count). The van der Waals surface area contributed by atoms with Gasteiger partial charge in [-0.3, -0.25) is 0 Å². The second-order valence-electron chi connectivity index (χ2n) is 1.60. The monoisotopic (exact) mass is 257 g/mol. The second kappa shape index (κ2) is 5.26. The van der Waals surface area contributed by atoms with Crippen molar-refractivity contribution in [2.75, 3.05) is 19.7 Å². The van der Waals surface area contributed by atoms with E-state index >= 15 is 0 Å². The topological polar surface area (TPSA) is 21.3 Å². The third kappa shape index (κ3) is 3.23. The Morgan fingerprint density at radius 1 is 1.67 bits per heavy atom. The van der Waals surface area contributed by atoms with Gasteiger partial charge in [-0.25, -0.2) is 0 Å². The lowest BCUT2D eigenvalue weighted by molar-refractivity contribution is 0.179. The third-order valence-electron chi connectivity index (χ3n) is 0.987. The molecule has 1 fully saturated rings. The van der Waals surface area contributed by atoms with E-state index in [9.17, 15) is 0 Å². The summed E-state index contributed by atoms with van der Waals surface area (Å²) in [6, 6.07) is 0. The normalized spacial score (nSPS) is 22.6. The first-order chi connectivity index (χ1) is 3.93. The van der Waals surface area contributed by atoms with Gasteiger partial charge in [-0.1, -0.05) is 15.9 Å². The second-order valence-corrected chi connectivity index (χ2v) is 2.06. The fourth-order valence-corrected chi connectivity index (χ4v) is 0.881. The molecule has 1 saturated heterocycles. The molecule has 0 aromatic rings. The molecule has 0 atom stereocenters. The maximum absolute atomic E-state index is 5.18. The summed E-state index contributed by atoms with van der Waals surface area (Å²) in [6.07, 6.45) is 0. The molecule has 0 aliphatic carbocycles. The van der Waals surface area contributed by atoms with Crippen molar-refractivity contribution in [2.45, 2.75) is 0 Å². The van der Waals surface area contributed by atoms with Crippen molar-refractivity contribution in [3.63, 3.8) is 0 Å². The summed E-state index contributed by atoms with van der Waals surface area (Å²) in [4.78, 5) is 1.80. The molecule has 1 aliphatic rings. The predicted octanol–water partition coefficient (Wildman–Crippen LogP) is 1.42. The molecule has 0 radical (unpaired) electrons. The Morgan fingerprint density at radius 3 is 2.78 bits per heavy atom. The maximum Gasteiger partial charge on any atom is 0.117 e.